The number of nitrogens with zero attached hydrogens (tertiary/aromatic N) is 2. The van der Waals surface area contributed by atoms with Gasteiger partial charge in [0.15, 0.2) is 0 Å². The van der Waals surface area contributed by atoms with E-state index in [-0.39, 0.29) is 11.4 Å². The molecular weight excluding hydrogens is 326 g/mol. The third-order valence-electron chi connectivity index (χ3n) is 3.49. The maximum absolute atomic E-state index is 12.3. The molecule has 3 rings (SSSR count). The molecule has 2 aromatic carbocycles. The lowest BCUT2D eigenvalue weighted by molar-refractivity contribution is 0.414. The zero-order chi connectivity index (χ0) is 17.0. The highest BCUT2D eigenvalue weighted by atomic mass is 32.2. The van der Waals surface area contributed by atoms with Crippen molar-refractivity contribution >= 4 is 10.0 Å². The number of ether oxygens (including phenoxy) is 1. The van der Waals surface area contributed by atoms with Crippen LogP contribution in [-0.2, 0) is 16.6 Å². The number of para-hydroxylation sites is 1. The smallest absolute Gasteiger partial charge is 0.240 e. The van der Waals surface area contributed by atoms with Crippen LogP contribution < -0.4 is 9.46 Å². The minimum absolute atomic E-state index is 0.168. The monoisotopic (exact) mass is 343 g/mol. The van der Waals surface area contributed by atoms with Crippen LogP contribution in [0, 0.1) is 0 Å². The Kier molecular flexibility index (Phi) is 4.64. The first kappa shape index (κ1) is 16.2. The summed E-state index contributed by atoms with van der Waals surface area (Å²) in [6.45, 7) is 0.168. The van der Waals surface area contributed by atoms with Crippen LogP contribution in [0.15, 0.2) is 71.9 Å². The topological polar surface area (TPSA) is 73.2 Å². The summed E-state index contributed by atoms with van der Waals surface area (Å²) in [6, 6.07) is 15.9. The second-order valence-corrected chi connectivity index (χ2v) is 6.90. The number of rotatable bonds is 6. The van der Waals surface area contributed by atoms with E-state index in [1.54, 1.807) is 29.2 Å². The van der Waals surface area contributed by atoms with Crippen LogP contribution in [0.4, 0.5) is 0 Å². The molecule has 3 aromatic rings. The number of benzene rings is 2. The fraction of sp³-hybridized carbons (Fsp3) is 0.118. The molecule has 0 spiro atoms. The van der Waals surface area contributed by atoms with Crippen LogP contribution in [-0.4, -0.2) is 25.3 Å². The van der Waals surface area contributed by atoms with Gasteiger partial charge in [-0.1, -0.05) is 18.2 Å². The van der Waals surface area contributed by atoms with Gasteiger partial charge in [0, 0.05) is 18.3 Å². The fourth-order valence-electron chi connectivity index (χ4n) is 2.19. The second-order valence-electron chi connectivity index (χ2n) is 5.13. The van der Waals surface area contributed by atoms with Gasteiger partial charge in [0.05, 0.1) is 23.9 Å². The number of nitrogens with one attached hydrogen (secondary N) is 1. The Morgan fingerprint density at radius 1 is 1.08 bits per heavy atom. The molecule has 0 radical (unpaired) electrons. The van der Waals surface area contributed by atoms with Crippen molar-refractivity contribution in [2.75, 3.05) is 7.11 Å². The SMILES string of the molecule is COc1ccc(S(=O)(=O)NCc2cnn(-c3ccccc3)c2)cc1. The van der Waals surface area contributed by atoms with Crippen molar-refractivity contribution in [3.63, 3.8) is 0 Å². The van der Waals surface area contributed by atoms with Crippen molar-refractivity contribution in [2.45, 2.75) is 11.4 Å². The Bertz CT molecular complexity index is 904. The van der Waals surface area contributed by atoms with Gasteiger partial charge in [-0.25, -0.2) is 17.8 Å². The van der Waals surface area contributed by atoms with Crippen LogP contribution in [0.3, 0.4) is 0 Å². The number of hydrogen-bond acceptors (Lipinski definition) is 4. The third-order valence-corrected chi connectivity index (χ3v) is 4.91. The summed E-state index contributed by atoms with van der Waals surface area (Å²) in [5.74, 6) is 0.609. The van der Waals surface area contributed by atoms with E-state index < -0.39 is 10.0 Å². The summed E-state index contributed by atoms with van der Waals surface area (Å²) in [5.41, 5.74) is 1.69. The zero-order valence-corrected chi connectivity index (χ0v) is 13.9. The summed E-state index contributed by atoms with van der Waals surface area (Å²) in [7, 11) is -2.05. The van der Waals surface area contributed by atoms with Crippen LogP contribution in [0.1, 0.15) is 5.56 Å². The molecule has 0 saturated heterocycles. The first-order valence-corrected chi connectivity index (χ1v) is 8.79. The first-order chi connectivity index (χ1) is 11.6. The molecular formula is C17H17N3O3S. The Morgan fingerprint density at radius 3 is 2.46 bits per heavy atom. The summed E-state index contributed by atoms with van der Waals surface area (Å²) in [6.07, 6.45) is 3.44. The van der Waals surface area contributed by atoms with Gasteiger partial charge in [-0.05, 0) is 36.4 Å². The molecule has 124 valence electrons. The average Bonchev–Trinajstić information content (AvgIpc) is 3.10. The molecule has 1 heterocycles. The van der Waals surface area contributed by atoms with E-state index in [4.69, 9.17) is 4.74 Å². The molecule has 7 heteroatoms. The summed E-state index contributed by atoms with van der Waals surface area (Å²) < 4.78 is 33.9. The molecule has 6 nitrogen and oxygen atoms in total. The van der Waals surface area contributed by atoms with E-state index in [9.17, 15) is 8.42 Å². The van der Waals surface area contributed by atoms with Gasteiger partial charge in [0.1, 0.15) is 5.75 Å². The molecule has 24 heavy (non-hydrogen) atoms. The van der Waals surface area contributed by atoms with Gasteiger partial charge >= 0.3 is 0 Å². The van der Waals surface area contributed by atoms with Gasteiger partial charge in [0.25, 0.3) is 0 Å². The molecule has 1 aromatic heterocycles. The van der Waals surface area contributed by atoms with Crippen molar-refractivity contribution in [1.29, 1.82) is 0 Å². The summed E-state index contributed by atoms with van der Waals surface area (Å²) in [5, 5.41) is 4.25. The van der Waals surface area contributed by atoms with Crippen molar-refractivity contribution in [2.24, 2.45) is 0 Å². The zero-order valence-electron chi connectivity index (χ0n) is 13.1. The van der Waals surface area contributed by atoms with E-state index in [0.717, 1.165) is 11.3 Å². The molecule has 0 saturated carbocycles. The number of methoxy groups -OCH3 is 1. The van der Waals surface area contributed by atoms with E-state index in [2.05, 4.69) is 9.82 Å². The fourth-order valence-corrected chi connectivity index (χ4v) is 3.21. The van der Waals surface area contributed by atoms with Gasteiger partial charge in [-0.3, -0.25) is 0 Å². The van der Waals surface area contributed by atoms with Crippen molar-refractivity contribution < 1.29 is 13.2 Å². The lowest BCUT2D eigenvalue weighted by Crippen LogP contribution is -2.23. The van der Waals surface area contributed by atoms with Gasteiger partial charge in [0.2, 0.25) is 10.0 Å². The summed E-state index contributed by atoms with van der Waals surface area (Å²) in [4.78, 5) is 0.193. The standard InChI is InChI=1S/C17H17N3O3S/c1-23-16-7-9-17(10-8-16)24(21,22)19-12-14-11-18-20(13-14)15-5-3-2-4-6-15/h2-11,13,19H,12H2,1H3. The van der Waals surface area contributed by atoms with Crippen molar-refractivity contribution in [3.8, 4) is 11.4 Å². The highest BCUT2D eigenvalue weighted by Gasteiger charge is 2.14. The van der Waals surface area contributed by atoms with E-state index in [1.165, 1.54) is 19.2 Å². The molecule has 0 aliphatic rings. The van der Waals surface area contributed by atoms with E-state index >= 15 is 0 Å². The molecule has 0 amide bonds. The third kappa shape index (κ3) is 3.64. The van der Waals surface area contributed by atoms with Crippen molar-refractivity contribution in [3.05, 3.63) is 72.6 Å². The highest BCUT2D eigenvalue weighted by Crippen LogP contribution is 2.16. The molecule has 0 fully saturated rings. The normalized spacial score (nSPS) is 11.4. The Labute approximate surface area is 140 Å². The highest BCUT2D eigenvalue weighted by molar-refractivity contribution is 7.89. The number of hydrogen-bond donors (Lipinski definition) is 1. The average molecular weight is 343 g/mol. The molecule has 0 aliphatic carbocycles. The molecule has 0 unspecified atom stereocenters. The number of aromatic nitrogens is 2. The first-order valence-electron chi connectivity index (χ1n) is 7.31. The van der Waals surface area contributed by atoms with E-state index in [0.29, 0.717) is 5.75 Å². The Balaban J connectivity index is 1.69. The second kappa shape index (κ2) is 6.86. The minimum Gasteiger partial charge on any atom is -0.497 e. The maximum Gasteiger partial charge on any atom is 0.240 e. The molecule has 0 atom stereocenters. The largest absolute Gasteiger partial charge is 0.497 e. The van der Waals surface area contributed by atoms with Crippen LogP contribution in [0.2, 0.25) is 0 Å². The lowest BCUT2D eigenvalue weighted by atomic mass is 10.3. The van der Waals surface area contributed by atoms with Gasteiger partial charge < -0.3 is 4.74 Å². The number of sulfonamides is 1. The van der Waals surface area contributed by atoms with Crippen molar-refractivity contribution in [1.82, 2.24) is 14.5 Å². The van der Waals surface area contributed by atoms with Crippen LogP contribution >= 0.6 is 0 Å². The molecule has 0 bridgehead atoms. The molecule has 1 N–H and O–H groups in total. The predicted molar refractivity (Wildman–Crippen MR) is 90.6 cm³/mol. The van der Waals surface area contributed by atoms with E-state index in [1.807, 2.05) is 30.3 Å². The summed E-state index contributed by atoms with van der Waals surface area (Å²) >= 11 is 0. The van der Waals surface area contributed by atoms with Crippen LogP contribution in [0.25, 0.3) is 5.69 Å². The lowest BCUT2D eigenvalue weighted by Gasteiger charge is -2.06. The molecule has 0 aliphatic heterocycles. The Morgan fingerprint density at radius 2 is 1.79 bits per heavy atom. The van der Waals surface area contributed by atoms with Gasteiger partial charge in [-0.15, -0.1) is 0 Å². The van der Waals surface area contributed by atoms with Crippen LogP contribution in [0.5, 0.6) is 5.75 Å². The minimum atomic E-state index is -3.58. The Hall–Kier alpha value is -2.64. The van der Waals surface area contributed by atoms with Gasteiger partial charge in [-0.2, -0.15) is 5.10 Å². The quantitative estimate of drug-likeness (QED) is 0.746. The maximum atomic E-state index is 12.3. The predicted octanol–water partition coefficient (Wildman–Crippen LogP) is 2.36.